The van der Waals surface area contributed by atoms with Crippen LogP contribution in [0.25, 0.3) is 0 Å². The van der Waals surface area contributed by atoms with Crippen molar-refractivity contribution in [3.63, 3.8) is 0 Å². The SMILES string of the molecule is Cc1cc(C)cc(OCCC(=O)N2CCN(S(=O)(=O)c3ccc(F)c(F)c3)CC2)c1. The molecule has 0 aliphatic carbocycles. The molecule has 0 aromatic heterocycles. The van der Waals surface area contributed by atoms with E-state index in [1.165, 1.54) is 4.31 Å². The van der Waals surface area contributed by atoms with Crippen LogP contribution >= 0.6 is 0 Å². The van der Waals surface area contributed by atoms with E-state index >= 15 is 0 Å². The Labute approximate surface area is 175 Å². The standard InChI is InChI=1S/C21H24F2N2O4S/c1-15-11-16(2)13-17(12-15)29-10-5-21(26)24-6-8-25(9-7-24)30(27,28)18-3-4-19(22)20(23)14-18/h3-4,11-14H,5-10H2,1-2H3. The molecule has 1 aliphatic rings. The largest absolute Gasteiger partial charge is 0.493 e. The fraction of sp³-hybridized carbons (Fsp3) is 0.381. The fourth-order valence-corrected chi connectivity index (χ4v) is 4.83. The zero-order valence-electron chi connectivity index (χ0n) is 16.9. The number of hydrogen-bond acceptors (Lipinski definition) is 4. The summed E-state index contributed by atoms with van der Waals surface area (Å²) in [5.74, 6) is -1.73. The lowest BCUT2D eigenvalue weighted by atomic mass is 10.1. The summed E-state index contributed by atoms with van der Waals surface area (Å²) < 4.78 is 58.6. The molecule has 1 amide bonds. The molecule has 1 fully saturated rings. The van der Waals surface area contributed by atoms with Gasteiger partial charge in [-0.3, -0.25) is 4.79 Å². The van der Waals surface area contributed by atoms with Gasteiger partial charge in [0.2, 0.25) is 15.9 Å². The van der Waals surface area contributed by atoms with Crippen LogP contribution in [0.3, 0.4) is 0 Å². The van der Waals surface area contributed by atoms with Crippen LogP contribution in [0.15, 0.2) is 41.3 Å². The van der Waals surface area contributed by atoms with Crippen LogP contribution < -0.4 is 4.74 Å². The van der Waals surface area contributed by atoms with E-state index in [-0.39, 0.29) is 50.0 Å². The van der Waals surface area contributed by atoms with Gasteiger partial charge in [0.1, 0.15) is 5.75 Å². The van der Waals surface area contributed by atoms with Gasteiger partial charge in [0.05, 0.1) is 17.9 Å². The minimum atomic E-state index is -3.95. The van der Waals surface area contributed by atoms with Crippen LogP contribution in [0.1, 0.15) is 17.5 Å². The van der Waals surface area contributed by atoms with Crippen LogP contribution in [-0.2, 0) is 14.8 Å². The molecule has 2 aromatic carbocycles. The maximum atomic E-state index is 13.4. The van der Waals surface area contributed by atoms with Crippen molar-refractivity contribution < 1.29 is 26.7 Å². The number of piperazine rings is 1. The number of benzene rings is 2. The average molecular weight is 438 g/mol. The molecule has 162 valence electrons. The first-order valence-electron chi connectivity index (χ1n) is 9.61. The number of hydrogen-bond donors (Lipinski definition) is 0. The topological polar surface area (TPSA) is 66.9 Å². The summed E-state index contributed by atoms with van der Waals surface area (Å²) in [4.78, 5) is 13.7. The van der Waals surface area contributed by atoms with E-state index in [1.807, 2.05) is 32.0 Å². The molecule has 0 spiro atoms. The lowest BCUT2D eigenvalue weighted by molar-refractivity contribution is -0.132. The minimum absolute atomic E-state index is 0.0883. The Morgan fingerprint density at radius 2 is 1.60 bits per heavy atom. The quantitative estimate of drug-likeness (QED) is 0.696. The third kappa shape index (κ3) is 5.14. The van der Waals surface area contributed by atoms with Gasteiger partial charge in [0.15, 0.2) is 11.6 Å². The number of carbonyl (C=O) groups excluding carboxylic acids is 1. The highest BCUT2D eigenvalue weighted by Gasteiger charge is 2.30. The number of aryl methyl sites for hydroxylation is 2. The zero-order valence-corrected chi connectivity index (χ0v) is 17.7. The summed E-state index contributed by atoms with van der Waals surface area (Å²) in [5.41, 5.74) is 2.16. The first kappa shape index (κ1) is 22.2. The van der Waals surface area contributed by atoms with E-state index in [4.69, 9.17) is 4.74 Å². The molecular weight excluding hydrogens is 414 g/mol. The van der Waals surface area contributed by atoms with Crippen molar-refractivity contribution >= 4 is 15.9 Å². The summed E-state index contributed by atoms with van der Waals surface area (Å²) in [6, 6.07) is 8.34. The zero-order chi connectivity index (χ0) is 21.9. The Hall–Kier alpha value is -2.52. The van der Waals surface area contributed by atoms with E-state index < -0.39 is 21.7 Å². The van der Waals surface area contributed by atoms with Crippen LogP contribution in [0.2, 0.25) is 0 Å². The number of ether oxygens (including phenoxy) is 1. The Kier molecular flexibility index (Phi) is 6.72. The van der Waals surface area contributed by atoms with Crippen molar-refractivity contribution in [2.45, 2.75) is 25.2 Å². The van der Waals surface area contributed by atoms with Crippen LogP contribution in [-0.4, -0.2) is 56.3 Å². The Morgan fingerprint density at radius 1 is 0.967 bits per heavy atom. The molecule has 3 rings (SSSR count). The average Bonchev–Trinajstić information content (AvgIpc) is 2.69. The molecule has 0 radical (unpaired) electrons. The van der Waals surface area contributed by atoms with Crippen molar-refractivity contribution in [2.24, 2.45) is 0 Å². The molecule has 0 bridgehead atoms. The van der Waals surface area contributed by atoms with Gasteiger partial charge < -0.3 is 9.64 Å². The number of rotatable bonds is 6. The third-order valence-corrected chi connectivity index (χ3v) is 6.79. The van der Waals surface area contributed by atoms with Crippen molar-refractivity contribution in [1.29, 1.82) is 0 Å². The molecule has 6 nitrogen and oxygen atoms in total. The minimum Gasteiger partial charge on any atom is -0.493 e. The maximum absolute atomic E-state index is 13.4. The lowest BCUT2D eigenvalue weighted by Gasteiger charge is -2.34. The van der Waals surface area contributed by atoms with E-state index in [2.05, 4.69) is 0 Å². The third-order valence-electron chi connectivity index (χ3n) is 4.90. The molecule has 0 unspecified atom stereocenters. The second-order valence-corrected chi connectivity index (χ2v) is 9.22. The monoisotopic (exact) mass is 438 g/mol. The first-order valence-corrected chi connectivity index (χ1v) is 11.0. The number of nitrogens with zero attached hydrogens (tertiary/aromatic N) is 2. The summed E-state index contributed by atoms with van der Waals surface area (Å²) in [6.45, 7) is 4.80. The second kappa shape index (κ2) is 9.09. The second-order valence-electron chi connectivity index (χ2n) is 7.28. The predicted molar refractivity (Wildman–Crippen MR) is 108 cm³/mol. The molecule has 1 heterocycles. The maximum Gasteiger partial charge on any atom is 0.243 e. The van der Waals surface area contributed by atoms with Crippen molar-refractivity contribution in [3.05, 3.63) is 59.2 Å². The summed E-state index contributed by atoms with van der Waals surface area (Å²) in [7, 11) is -3.95. The number of halogens is 2. The molecule has 0 atom stereocenters. The first-order chi connectivity index (χ1) is 14.2. The van der Waals surface area contributed by atoms with E-state index in [0.29, 0.717) is 11.8 Å². The predicted octanol–water partition coefficient (Wildman–Crippen LogP) is 2.88. The van der Waals surface area contributed by atoms with Gasteiger partial charge >= 0.3 is 0 Å². The van der Waals surface area contributed by atoms with Crippen LogP contribution in [0, 0.1) is 25.5 Å². The molecule has 0 N–H and O–H groups in total. The Morgan fingerprint density at radius 3 is 2.20 bits per heavy atom. The van der Waals surface area contributed by atoms with Gasteiger partial charge in [-0.1, -0.05) is 6.07 Å². The van der Waals surface area contributed by atoms with E-state index in [9.17, 15) is 22.0 Å². The summed E-state index contributed by atoms with van der Waals surface area (Å²) in [6.07, 6.45) is 0.183. The fourth-order valence-electron chi connectivity index (χ4n) is 3.39. The van der Waals surface area contributed by atoms with Gasteiger partial charge in [-0.2, -0.15) is 4.31 Å². The molecular formula is C21H24F2N2O4S. The highest BCUT2D eigenvalue weighted by Crippen LogP contribution is 2.20. The molecule has 2 aromatic rings. The highest BCUT2D eigenvalue weighted by molar-refractivity contribution is 7.89. The Bertz CT molecular complexity index is 1020. The van der Waals surface area contributed by atoms with Crippen LogP contribution in [0.4, 0.5) is 8.78 Å². The summed E-state index contributed by atoms with van der Waals surface area (Å²) >= 11 is 0. The number of amides is 1. The van der Waals surface area contributed by atoms with Gasteiger partial charge in [0.25, 0.3) is 0 Å². The molecule has 0 saturated carbocycles. The summed E-state index contributed by atoms with van der Waals surface area (Å²) in [5, 5.41) is 0. The van der Waals surface area contributed by atoms with E-state index in [1.54, 1.807) is 4.90 Å². The molecule has 9 heteroatoms. The molecule has 30 heavy (non-hydrogen) atoms. The number of carbonyl (C=O) groups is 1. The smallest absolute Gasteiger partial charge is 0.243 e. The van der Waals surface area contributed by atoms with Crippen LogP contribution in [0.5, 0.6) is 5.75 Å². The Balaban J connectivity index is 1.51. The van der Waals surface area contributed by atoms with Gasteiger partial charge in [-0.25, -0.2) is 17.2 Å². The van der Waals surface area contributed by atoms with Gasteiger partial charge in [-0.15, -0.1) is 0 Å². The molecule has 1 saturated heterocycles. The number of sulfonamides is 1. The molecule has 1 aliphatic heterocycles. The van der Waals surface area contributed by atoms with Crippen molar-refractivity contribution in [2.75, 3.05) is 32.8 Å². The normalized spacial score (nSPS) is 15.3. The van der Waals surface area contributed by atoms with Crippen molar-refractivity contribution in [3.8, 4) is 5.75 Å². The van der Waals surface area contributed by atoms with Crippen molar-refractivity contribution in [1.82, 2.24) is 9.21 Å². The highest BCUT2D eigenvalue weighted by atomic mass is 32.2. The van der Waals surface area contributed by atoms with Gasteiger partial charge in [0, 0.05) is 26.2 Å². The lowest BCUT2D eigenvalue weighted by Crippen LogP contribution is -2.50. The van der Waals surface area contributed by atoms with Gasteiger partial charge in [-0.05, 0) is 55.3 Å². The van der Waals surface area contributed by atoms with E-state index in [0.717, 1.165) is 23.3 Å².